The van der Waals surface area contributed by atoms with Crippen molar-refractivity contribution in [2.45, 2.75) is 0 Å². The van der Waals surface area contributed by atoms with E-state index in [0.29, 0.717) is 16.6 Å². The van der Waals surface area contributed by atoms with Crippen LogP contribution in [0, 0.1) is 11.3 Å². The normalized spacial score (nSPS) is 10.8. The van der Waals surface area contributed by atoms with Crippen LogP contribution in [-0.4, -0.2) is 14.1 Å². The SMILES string of the molecule is N#Cc1cccc2c1c1ncncc1n2Cl. The largest absolute Gasteiger partial charge is 0.249 e. The van der Waals surface area contributed by atoms with Crippen LogP contribution in [-0.2, 0) is 0 Å². The van der Waals surface area contributed by atoms with Crippen molar-refractivity contribution >= 4 is 33.7 Å². The molecule has 0 fully saturated rings. The molecular formula is C11H5ClN4. The molecule has 0 aliphatic carbocycles. The van der Waals surface area contributed by atoms with Crippen LogP contribution in [0.15, 0.2) is 30.7 Å². The Morgan fingerprint density at radius 2 is 2.19 bits per heavy atom. The van der Waals surface area contributed by atoms with Gasteiger partial charge < -0.3 is 0 Å². The summed E-state index contributed by atoms with van der Waals surface area (Å²) < 4.78 is 1.48. The number of nitriles is 1. The summed E-state index contributed by atoms with van der Waals surface area (Å²) in [5.74, 6) is 0. The van der Waals surface area contributed by atoms with Crippen molar-refractivity contribution in [3.63, 3.8) is 0 Å². The minimum atomic E-state index is 0.570. The molecule has 2 heterocycles. The van der Waals surface area contributed by atoms with Crippen LogP contribution in [0.2, 0.25) is 0 Å². The van der Waals surface area contributed by atoms with Crippen molar-refractivity contribution in [3.05, 3.63) is 36.3 Å². The Hall–Kier alpha value is -2.12. The van der Waals surface area contributed by atoms with E-state index < -0.39 is 0 Å². The van der Waals surface area contributed by atoms with Gasteiger partial charge in [-0.3, -0.25) is 0 Å². The number of nitrogens with zero attached hydrogens (tertiary/aromatic N) is 4. The molecule has 0 atom stereocenters. The van der Waals surface area contributed by atoms with E-state index in [-0.39, 0.29) is 0 Å². The highest BCUT2D eigenvalue weighted by atomic mass is 35.5. The van der Waals surface area contributed by atoms with Crippen molar-refractivity contribution in [2.24, 2.45) is 0 Å². The molecule has 0 radical (unpaired) electrons. The van der Waals surface area contributed by atoms with E-state index in [1.54, 1.807) is 18.3 Å². The average Bonchev–Trinajstić information content (AvgIpc) is 2.64. The molecule has 0 saturated heterocycles. The minimum absolute atomic E-state index is 0.570. The second-order valence-electron chi connectivity index (χ2n) is 3.35. The molecule has 16 heavy (non-hydrogen) atoms. The monoisotopic (exact) mass is 228 g/mol. The topological polar surface area (TPSA) is 54.5 Å². The van der Waals surface area contributed by atoms with Gasteiger partial charge in [-0.15, -0.1) is 0 Å². The average molecular weight is 229 g/mol. The third-order valence-corrected chi connectivity index (χ3v) is 2.88. The smallest absolute Gasteiger partial charge is 0.116 e. The maximum Gasteiger partial charge on any atom is 0.116 e. The highest BCUT2D eigenvalue weighted by Gasteiger charge is 2.13. The van der Waals surface area contributed by atoms with Crippen molar-refractivity contribution in [2.75, 3.05) is 0 Å². The van der Waals surface area contributed by atoms with Gasteiger partial charge in [-0.05, 0) is 12.1 Å². The van der Waals surface area contributed by atoms with Gasteiger partial charge in [0.05, 0.1) is 23.3 Å². The summed E-state index contributed by atoms with van der Waals surface area (Å²) in [6, 6.07) is 7.54. The Morgan fingerprint density at radius 3 is 3.00 bits per heavy atom. The van der Waals surface area contributed by atoms with Crippen LogP contribution in [0.1, 0.15) is 5.56 Å². The van der Waals surface area contributed by atoms with Gasteiger partial charge in [0, 0.05) is 17.2 Å². The lowest BCUT2D eigenvalue weighted by atomic mass is 10.1. The quantitative estimate of drug-likeness (QED) is 0.594. The van der Waals surface area contributed by atoms with Gasteiger partial charge in [0.1, 0.15) is 17.4 Å². The Labute approximate surface area is 95.8 Å². The first-order valence-electron chi connectivity index (χ1n) is 4.62. The number of benzene rings is 1. The van der Waals surface area contributed by atoms with Crippen LogP contribution < -0.4 is 0 Å². The predicted molar refractivity (Wildman–Crippen MR) is 61.0 cm³/mol. The van der Waals surface area contributed by atoms with Gasteiger partial charge in [0.15, 0.2) is 0 Å². The number of rotatable bonds is 0. The molecule has 0 N–H and O–H groups in total. The lowest BCUT2D eigenvalue weighted by Crippen LogP contribution is -1.80. The second-order valence-corrected chi connectivity index (χ2v) is 3.69. The lowest BCUT2D eigenvalue weighted by Gasteiger charge is -1.93. The molecule has 2 aromatic heterocycles. The summed E-state index contributed by atoms with van der Waals surface area (Å²) in [7, 11) is 0. The molecule has 3 rings (SSSR count). The zero-order chi connectivity index (χ0) is 11.1. The predicted octanol–water partition coefficient (Wildman–Crippen LogP) is 2.46. The maximum atomic E-state index is 9.06. The van der Waals surface area contributed by atoms with Gasteiger partial charge in [0.2, 0.25) is 0 Å². The molecule has 0 bridgehead atoms. The summed E-state index contributed by atoms with van der Waals surface area (Å²) in [4.78, 5) is 8.10. The van der Waals surface area contributed by atoms with E-state index >= 15 is 0 Å². The molecule has 0 spiro atoms. The van der Waals surface area contributed by atoms with Gasteiger partial charge in [0.25, 0.3) is 0 Å². The third kappa shape index (κ3) is 1.03. The molecule has 4 nitrogen and oxygen atoms in total. The Bertz CT molecular complexity index is 739. The molecule has 0 amide bonds. The zero-order valence-corrected chi connectivity index (χ0v) is 8.81. The molecular weight excluding hydrogens is 224 g/mol. The van der Waals surface area contributed by atoms with Crippen LogP contribution in [0.3, 0.4) is 0 Å². The van der Waals surface area contributed by atoms with Crippen molar-refractivity contribution < 1.29 is 0 Å². The van der Waals surface area contributed by atoms with Crippen molar-refractivity contribution in [1.82, 2.24) is 14.1 Å². The van der Waals surface area contributed by atoms with E-state index in [1.807, 2.05) is 6.07 Å². The van der Waals surface area contributed by atoms with Crippen molar-refractivity contribution in [3.8, 4) is 6.07 Å². The molecule has 76 valence electrons. The van der Waals surface area contributed by atoms with Crippen molar-refractivity contribution in [1.29, 1.82) is 5.26 Å². The Morgan fingerprint density at radius 1 is 1.31 bits per heavy atom. The van der Waals surface area contributed by atoms with Gasteiger partial charge in [-0.2, -0.15) is 5.26 Å². The van der Waals surface area contributed by atoms with E-state index in [4.69, 9.17) is 17.0 Å². The fourth-order valence-electron chi connectivity index (χ4n) is 1.83. The standard InChI is InChI=1S/C11H5ClN4/c12-16-8-3-1-2-7(4-13)10(8)11-9(16)5-14-6-15-11/h1-3,5-6H. The lowest BCUT2D eigenvalue weighted by molar-refractivity contribution is 1.21. The van der Waals surface area contributed by atoms with Gasteiger partial charge in [-0.25, -0.2) is 14.1 Å². The maximum absolute atomic E-state index is 9.06. The molecule has 0 unspecified atom stereocenters. The highest BCUT2D eigenvalue weighted by Crippen LogP contribution is 2.29. The number of hydrogen-bond donors (Lipinski definition) is 0. The number of hydrogen-bond acceptors (Lipinski definition) is 3. The van der Waals surface area contributed by atoms with Crippen LogP contribution in [0.5, 0.6) is 0 Å². The molecule has 3 aromatic rings. The van der Waals surface area contributed by atoms with E-state index in [1.165, 1.54) is 10.4 Å². The molecule has 1 aromatic carbocycles. The van der Waals surface area contributed by atoms with Crippen LogP contribution >= 0.6 is 11.8 Å². The van der Waals surface area contributed by atoms with E-state index in [9.17, 15) is 0 Å². The first-order chi connectivity index (χ1) is 7.83. The number of halogens is 1. The number of fused-ring (bicyclic) bond motifs is 3. The van der Waals surface area contributed by atoms with E-state index in [2.05, 4.69) is 16.0 Å². The van der Waals surface area contributed by atoms with Crippen LogP contribution in [0.4, 0.5) is 0 Å². The molecule has 0 aliphatic rings. The fourth-order valence-corrected chi connectivity index (χ4v) is 2.10. The van der Waals surface area contributed by atoms with Gasteiger partial charge in [-0.1, -0.05) is 6.07 Å². The Balaban J connectivity index is 2.69. The fraction of sp³-hybridized carbons (Fsp3) is 0. The molecule has 0 aliphatic heterocycles. The summed E-state index contributed by atoms with van der Waals surface area (Å²) >= 11 is 6.15. The summed E-state index contributed by atoms with van der Waals surface area (Å²) in [5, 5.41) is 9.83. The zero-order valence-electron chi connectivity index (χ0n) is 8.05. The summed E-state index contributed by atoms with van der Waals surface area (Å²) in [5.41, 5.74) is 2.76. The van der Waals surface area contributed by atoms with Crippen LogP contribution in [0.25, 0.3) is 21.9 Å². The minimum Gasteiger partial charge on any atom is -0.249 e. The Kier molecular flexibility index (Phi) is 1.82. The van der Waals surface area contributed by atoms with Gasteiger partial charge >= 0.3 is 0 Å². The second kappa shape index (κ2) is 3.19. The molecule has 0 saturated carbocycles. The summed E-state index contributed by atoms with van der Waals surface area (Å²) in [6.07, 6.45) is 3.09. The number of aromatic nitrogens is 3. The molecule has 5 heteroatoms. The highest BCUT2D eigenvalue weighted by molar-refractivity contribution is 6.26. The third-order valence-electron chi connectivity index (χ3n) is 2.52. The first kappa shape index (κ1) is 9.13. The summed E-state index contributed by atoms with van der Waals surface area (Å²) in [6.45, 7) is 0. The van der Waals surface area contributed by atoms with E-state index in [0.717, 1.165) is 10.9 Å². The first-order valence-corrected chi connectivity index (χ1v) is 4.96.